The molecule has 5 atom stereocenters. The molecule has 0 amide bonds. The van der Waals surface area contributed by atoms with E-state index in [9.17, 15) is 19.2 Å². The molecule has 1 fully saturated rings. The van der Waals surface area contributed by atoms with Crippen molar-refractivity contribution in [2.45, 2.75) is 155 Å². The number of hydrogen-bond donors (Lipinski definition) is 0. The first-order valence-electron chi connectivity index (χ1n) is 15.1. The van der Waals surface area contributed by atoms with E-state index in [1.807, 2.05) is 0 Å². The van der Waals surface area contributed by atoms with Gasteiger partial charge in [0.05, 0.1) is 0 Å². The largest absolute Gasteiger partial charge is 0.463 e. The summed E-state index contributed by atoms with van der Waals surface area (Å²) in [6.45, 7) is 7.13. The van der Waals surface area contributed by atoms with Gasteiger partial charge in [0.25, 0.3) is 0 Å². The van der Waals surface area contributed by atoms with Gasteiger partial charge in [0.15, 0.2) is 24.6 Å². The first kappa shape index (κ1) is 35.8. The first-order valence-corrected chi connectivity index (χ1v) is 15.1. The van der Waals surface area contributed by atoms with Gasteiger partial charge >= 0.3 is 23.9 Å². The van der Waals surface area contributed by atoms with E-state index in [4.69, 9.17) is 28.4 Å². The van der Waals surface area contributed by atoms with E-state index in [2.05, 4.69) is 6.92 Å². The van der Waals surface area contributed by atoms with Crippen LogP contribution in [0.1, 0.15) is 125 Å². The molecule has 1 saturated heterocycles. The number of carbonyl (C=O) groups excluding carboxylic acids is 4. The Morgan fingerprint density at radius 1 is 0.550 bits per heavy atom. The van der Waals surface area contributed by atoms with Crippen LogP contribution in [0.3, 0.4) is 0 Å². The second kappa shape index (κ2) is 21.5. The van der Waals surface area contributed by atoms with E-state index in [1.165, 1.54) is 98.3 Å². The first-order chi connectivity index (χ1) is 19.1. The molecule has 1 rings (SSSR count). The Hall–Kier alpha value is -2.20. The van der Waals surface area contributed by atoms with Crippen molar-refractivity contribution in [3.8, 4) is 0 Å². The van der Waals surface area contributed by atoms with Gasteiger partial charge < -0.3 is 28.4 Å². The van der Waals surface area contributed by atoms with Gasteiger partial charge in [0.1, 0.15) is 12.7 Å². The van der Waals surface area contributed by atoms with Crippen molar-refractivity contribution in [3.63, 3.8) is 0 Å². The Kier molecular flexibility index (Phi) is 19.3. The van der Waals surface area contributed by atoms with Crippen LogP contribution in [0, 0.1) is 0 Å². The van der Waals surface area contributed by atoms with Gasteiger partial charge in [-0.25, -0.2) is 0 Å². The molecular formula is C30H52O10. The Morgan fingerprint density at radius 3 is 1.43 bits per heavy atom. The van der Waals surface area contributed by atoms with Crippen molar-refractivity contribution in [1.29, 1.82) is 0 Å². The molecule has 0 aromatic heterocycles. The fourth-order valence-electron chi connectivity index (χ4n) is 4.82. The SMILES string of the molecule is CCCCCCCCCCCCCCCCO[C@H]1O[C@H](COC(C)=O)[C@@H](OC(C)=O)[C@H](OC(C)=O)[C@H]1OC(C)=O. The van der Waals surface area contributed by atoms with Crippen LogP contribution in [0.4, 0.5) is 0 Å². The molecule has 0 N–H and O–H groups in total. The number of unbranched alkanes of at least 4 members (excludes halogenated alkanes) is 13. The summed E-state index contributed by atoms with van der Waals surface area (Å²) in [5.41, 5.74) is 0. The zero-order chi connectivity index (χ0) is 29.8. The Bertz CT molecular complexity index is 740. The lowest BCUT2D eigenvalue weighted by Gasteiger charge is -2.44. The van der Waals surface area contributed by atoms with Crippen molar-refractivity contribution in [3.05, 3.63) is 0 Å². The van der Waals surface area contributed by atoms with Crippen LogP contribution >= 0.6 is 0 Å². The molecule has 0 radical (unpaired) electrons. The summed E-state index contributed by atoms with van der Waals surface area (Å²) in [7, 11) is 0. The maximum Gasteiger partial charge on any atom is 0.303 e. The minimum atomic E-state index is -1.21. The zero-order valence-electron chi connectivity index (χ0n) is 25.3. The Labute approximate surface area is 240 Å². The van der Waals surface area contributed by atoms with Gasteiger partial charge in [-0.15, -0.1) is 0 Å². The molecule has 1 heterocycles. The topological polar surface area (TPSA) is 124 Å². The summed E-state index contributed by atoms with van der Waals surface area (Å²) < 4.78 is 33.2. The van der Waals surface area contributed by atoms with Crippen molar-refractivity contribution < 1.29 is 47.6 Å². The standard InChI is InChI=1S/C30H52O10/c1-6-7-8-9-10-11-12-13-14-15-16-17-18-19-20-35-30-29(39-25(5)34)28(38-24(4)33)27(37-23(3)32)26(40-30)21-36-22(2)31/h26-30H,6-21H2,1-5H3/t26-,27-,28+,29-,30+/m1/s1. The summed E-state index contributed by atoms with van der Waals surface area (Å²) in [6.07, 6.45) is 11.6. The molecule has 10 heteroatoms. The molecular weight excluding hydrogens is 520 g/mol. The number of carbonyl (C=O) groups is 4. The Morgan fingerprint density at radius 2 is 0.975 bits per heavy atom. The maximum absolute atomic E-state index is 11.9. The van der Waals surface area contributed by atoms with Crippen LogP contribution in [0.2, 0.25) is 0 Å². The molecule has 1 aliphatic rings. The smallest absolute Gasteiger partial charge is 0.303 e. The molecule has 0 bridgehead atoms. The summed E-state index contributed by atoms with van der Waals surface area (Å²) >= 11 is 0. The van der Waals surface area contributed by atoms with E-state index in [0.29, 0.717) is 6.61 Å². The van der Waals surface area contributed by atoms with Crippen molar-refractivity contribution in [2.75, 3.05) is 13.2 Å². The molecule has 10 nitrogen and oxygen atoms in total. The van der Waals surface area contributed by atoms with E-state index >= 15 is 0 Å². The van der Waals surface area contributed by atoms with Crippen LogP contribution in [-0.2, 0) is 47.6 Å². The van der Waals surface area contributed by atoms with E-state index in [0.717, 1.165) is 19.3 Å². The summed E-state index contributed by atoms with van der Waals surface area (Å²) in [6, 6.07) is 0. The summed E-state index contributed by atoms with van der Waals surface area (Å²) in [5, 5.41) is 0. The molecule has 0 unspecified atom stereocenters. The summed E-state index contributed by atoms with van der Waals surface area (Å²) in [5.74, 6) is -2.54. The lowest BCUT2D eigenvalue weighted by atomic mass is 9.98. The third kappa shape index (κ3) is 16.2. The zero-order valence-corrected chi connectivity index (χ0v) is 25.3. The summed E-state index contributed by atoms with van der Waals surface area (Å²) in [4.78, 5) is 47.0. The normalized spacial score (nSPS) is 22.4. The van der Waals surface area contributed by atoms with Crippen LogP contribution in [0.5, 0.6) is 0 Å². The average Bonchev–Trinajstić information content (AvgIpc) is 2.87. The van der Waals surface area contributed by atoms with Gasteiger partial charge in [-0.3, -0.25) is 19.2 Å². The third-order valence-electron chi connectivity index (χ3n) is 6.73. The van der Waals surface area contributed by atoms with Gasteiger partial charge in [-0.2, -0.15) is 0 Å². The fraction of sp³-hybridized carbons (Fsp3) is 0.867. The second-order valence-corrected chi connectivity index (χ2v) is 10.5. The molecule has 0 aromatic carbocycles. The van der Waals surface area contributed by atoms with E-state index in [1.54, 1.807) is 0 Å². The van der Waals surface area contributed by atoms with Crippen LogP contribution in [0.15, 0.2) is 0 Å². The molecule has 0 aromatic rings. The monoisotopic (exact) mass is 572 g/mol. The highest BCUT2D eigenvalue weighted by atomic mass is 16.7. The maximum atomic E-state index is 11.9. The highest BCUT2D eigenvalue weighted by Gasteiger charge is 2.52. The highest BCUT2D eigenvalue weighted by Crippen LogP contribution is 2.30. The molecule has 0 aliphatic carbocycles. The molecule has 232 valence electrons. The van der Waals surface area contributed by atoms with Crippen molar-refractivity contribution in [1.82, 2.24) is 0 Å². The Balaban J connectivity index is 2.55. The number of esters is 4. The minimum Gasteiger partial charge on any atom is -0.463 e. The van der Waals surface area contributed by atoms with Crippen LogP contribution < -0.4 is 0 Å². The van der Waals surface area contributed by atoms with E-state index < -0.39 is 54.6 Å². The van der Waals surface area contributed by atoms with Gasteiger partial charge in [0.2, 0.25) is 0 Å². The number of ether oxygens (including phenoxy) is 6. The van der Waals surface area contributed by atoms with Gasteiger partial charge in [-0.05, 0) is 6.42 Å². The molecule has 40 heavy (non-hydrogen) atoms. The lowest BCUT2D eigenvalue weighted by molar-refractivity contribution is -0.308. The number of hydrogen-bond acceptors (Lipinski definition) is 10. The predicted octanol–water partition coefficient (Wildman–Crippen LogP) is 5.57. The van der Waals surface area contributed by atoms with E-state index in [-0.39, 0.29) is 6.61 Å². The van der Waals surface area contributed by atoms with Crippen molar-refractivity contribution >= 4 is 23.9 Å². The van der Waals surface area contributed by atoms with Gasteiger partial charge in [0, 0.05) is 34.3 Å². The van der Waals surface area contributed by atoms with Crippen LogP contribution in [0.25, 0.3) is 0 Å². The van der Waals surface area contributed by atoms with Crippen LogP contribution in [-0.4, -0.2) is 67.8 Å². The third-order valence-corrected chi connectivity index (χ3v) is 6.73. The lowest BCUT2D eigenvalue weighted by Crippen LogP contribution is -2.63. The highest BCUT2D eigenvalue weighted by molar-refractivity contribution is 5.68. The number of rotatable bonds is 21. The fourth-order valence-corrected chi connectivity index (χ4v) is 4.82. The minimum absolute atomic E-state index is 0.267. The quantitative estimate of drug-likeness (QED) is 0.0980. The molecule has 1 aliphatic heterocycles. The second-order valence-electron chi connectivity index (χ2n) is 10.5. The molecule has 0 spiro atoms. The molecule has 0 saturated carbocycles. The van der Waals surface area contributed by atoms with Gasteiger partial charge in [-0.1, -0.05) is 90.4 Å². The predicted molar refractivity (Wildman–Crippen MR) is 148 cm³/mol. The average molecular weight is 573 g/mol. The van der Waals surface area contributed by atoms with Crippen molar-refractivity contribution in [2.24, 2.45) is 0 Å².